The van der Waals surface area contributed by atoms with Gasteiger partial charge in [-0.25, -0.2) is 0 Å². The molecule has 0 fully saturated rings. The Labute approximate surface area is 69.5 Å². The molecule has 0 saturated heterocycles. The summed E-state index contributed by atoms with van der Waals surface area (Å²) in [6.07, 6.45) is 2.28. The summed E-state index contributed by atoms with van der Waals surface area (Å²) in [6, 6.07) is 0. The molecule has 0 heterocycles. The second-order valence-electron chi connectivity index (χ2n) is 3.61. The van der Waals surface area contributed by atoms with E-state index in [1.807, 2.05) is 6.92 Å². The normalized spacial score (nSPS) is 10.2. The van der Waals surface area contributed by atoms with Crippen molar-refractivity contribution in [2.75, 3.05) is 0 Å². The van der Waals surface area contributed by atoms with Gasteiger partial charge in [0.25, 0.3) is 0 Å². The quantitative estimate of drug-likeness (QED) is 0.556. The van der Waals surface area contributed by atoms with Crippen molar-refractivity contribution in [2.24, 2.45) is 5.92 Å². The van der Waals surface area contributed by atoms with Crippen molar-refractivity contribution in [2.45, 2.75) is 40.0 Å². The molecule has 0 radical (unpaired) electrons. The van der Waals surface area contributed by atoms with Crippen molar-refractivity contribution in [3.05, 3.63) is 12.2 Å². The van der Waals surface area contributed by atoms with E-state index in [-0.39, 0.29) is 0 Å². The summed E-state index contributed by atoms with van der Waals surface area (Å²) in [4.78, 5) is 11.1. The molecular weight excluding hydrogens is 136 g/mol. The summed E-state index contributed by atoms with van der Waals surface area (Å²) in [6.45, 7) is 9.86. The highest BCUT2D eigenvalue weighted by Gasteiger charge is 2.02. The summed E-state index contributed by atoms with van der Waals surface area (Å²) in [5.41, 5.74) is 0.971. The Hall–Kier alpha value is -0.590. The molecule has 0 atom stereocenters. The van der Waals surface area contributed by atoms with Crippen molar-refractivity contribution in [1.82, 2.24) is 0 Å². The Kier molecular flexibility index (Phi) is 4.84. The van der Waals surface area contributed by atoms with Gasteiger partial charge >= 0.3 is 0 Å². The monoisotopic (exact) mass is 154 g/mol. The number of hydrogen-bond acceptors (Lipinski definition) is 1. The topological polar surface area (TPSA) is 17.1 Å². The van der Waals surface area contributed by atoms with Crippen LogP contribution in [0.4, 0.5) is 0 Å². The Morgan fingerprint density at radius 3 is 2.36 bits per heavy atom. The van der Waals surface area contributed by atoms with Gasteiger partial charge < -0.3 is 0 Å². The molecule has 11 heavy (non-hydrogen) atoms. The van der Waals surface area contributed by atoms with Crippen molar-refractivity contribution in [3.63, 3.8) is 0 Å². The maximum absolute atomic E-state index is 11.1. The molecule has 0 aliphatic carbocycles. The van der Waals surface area contributed by atoms with Gasteiger partial charge in [-0.2, -0.15) is 0 Å². The van der Waals surface area contributed by atoms with Crippen LogP contribution in [0.3, 0.4) is 0 Å². The third-order valence-electron chi connectivity index (χ3n) is 1.50. The van der Waals surface area contributed by atoms with E-state index in [9.17, 15) is 4.79 Å². The van der Waals surface area contributed by atoms with Crippen LogP contribution in [0.15, 0.2) is 12.2 Å². The average Bonchev–Trinajstić information content (AvgIpc) is 1.82. The van der Waals surface area contributed by atoms with Gasteiger partial charge in [-0.3, -0.25) is 4.79 Å². The van der Waals surface area contributed by atoms with E-state index in [0.717, 1.165) is 12.0 Å². The lowest BCUT2D eigenvalue weighted by Crippen LogP contribution is -2.00. The highest BCUT2D eigenvalue weighted by atomic mass is 16.1. The van der Waals surface area contributed by atoms with Crippen molar-refractivity contribution in [3.8, 4) is 0 Å². The average molecular weight is 154 g/mol. The lowest BCUT2D eigenvalue weighted by molar-refractivity contribution is -0.118. The van der Waals surface area contributed by atoms with E-state index in [1.165, 1.54) is 0 Å². The second-order valence-corrected chi connectivity index (χ2v) is 3.61. The van der Waals surface area contributed by atoms with E-state index in [0.29, 0.717) is 24.5 Å². The Balaban J connectivity index is 3.46. The van der Waals surface area contributed by atoms with E-state index < -0.39 is 0 Å². The first-order valence-corrected chi connectivity index (χ1v) is 4.18. The molecule has 0 aliphatic heterocycles. The maximum atomic E-state index is 11.1. The molecule has 0 N–H and O–H groups in total. The van der Waals surface area contributed by atoms with E-state index in [2.05, 4.69) is 20.4 Å². The number of Topliss-reactive ketones (excluding diaryl/α,β-unsaturated/α-hetero) is 1. The van der Waals surface area contributed by atoms with Crippen molar-refractivity contribution < 1.29 is 4.79 Å². The van der Waals surface area contributed by atoms with Gasteiger partial charge in [0, 0.05) is 12.8 Å². The van der Waals surface area contributed by atoms with Gasteiger partial charge in [-0.05, 0) is 19.3 Å². The van der Waals surface area contributed by atoms with Gasteiger partial charge in [0.05, 0.1) is 0 Å². The fourth-order valence-corrected chi connectivity index (χ4v) is 0.875. The Morgan fingerprint density at radius 1 is 1.45 bits per heavy atom. The predicted molar refractivity (Wildman–Crippen MR) is 48.5 cm³/mol. The molecule has 1 heteroatoms. The molecule has 0 amide bonds. The maximum Gasteiger partial charge on any atom is 0.136 e. The van der Waals surface area contributed by atoms with Crippen molar-refractivity contribution >= 4 is 5.78 Å². The Bertz CT molecular complexity index is 145. The number of carbonyl (C=O) groups excluding carboxylic acids is 1. The third-order valence-corrected chi connectivity index (χ3v) is 1.50. The number of ketones is 1. The lowest BCUT2D eigenvalue weighted by atomic mass is 10.0. The summed E-state index contributed by atoms with van der Waals surface area (Å²) in [7, 11) is 0. The summed E-state index contributed by atoms with van der Waals surface area (Å²) < 4.78 is 0. The van der Waals surface area contributed by atoms with Crippen LogP contribution in [-0.4, -0.2) is 5.78 Å². The van der Waals surface area contributed by atoms with Gasteiger partial charge in [-0.1, -0.05) is 26.0 Å². The van der Waals surface area contributed by atoms with Crippen LogP contribution >= 0.6 is 0 Å². The minimum Gasteiger partial charge on any atom is -0.299 e. The minimum atomic E-state index is 0.325. The minimum absolute atomic E-state index is 0.325. The molecule has 0 saturated carbocycles. The fraction of sp³-hybridized carbons (Fsp3) is 0.700. The van der Waals surface area contributed by atoms with Gasteiger partial charge in [-0.15, -0.1) is 0 Å². The Morgan fingerprint density at radius 2 is 2.00 bits per heavy atom. The predicted octanol–water partition coefficient (Wildman–Crippen LogP) is 2.96. The highest BCUT2D eigenvalue weighted by Crippen LogP contribution is 2.07. The SMILES string of the molecule is C=C(C)CC(=O)CCC(C)C. The van der Waals surface area contributed by atoms with Crippen LogP contribution in [0.2, 0.25) is 0 Å². The van der Waals surface area contributed by atoms with E-state index in [4.69, 9.17) is 0 Å². The summed E-state index contributed by atoms with van der Waals surface area (Å²) in [5.74, 6) is 0.954. The number of carbonyl (C=O) groups is 1. The van der Waals surface area contributed by atoms with Gasteiger partial charge in [0.1, 0.15) is 5.78 Å². The first-order chi connectivity index (χ1) is 5.02. The van der Waals surface area contributed by atoms with Crippen LogP contribution in [0.25, 0.3) is 0 Å². The van der Waals surface area contributed by atoms with Crippen LogP contribution in [0.1, 0.15) is 40.0 Å². The smallest absolute Gasteiger partial charge is 0.136 e. The standard InChI is InChI=1S/C10H18O/c1-8(2)5-6-10(11)7-9(3)4/h8H,3,5-7H2,1-2,4H3. The molecule has 0 spiro atoms. The molecule has 0 aromatic carbocycles. The van der Waals surface area contributed by atoms with Crippen LogP contribution in [0, 0.1) is 5.92 Å². The number of rotatable bonds is 5. The zero-order valence-electron chi connectivity index (χ0n) is 7.81. The van der Waals surface area contributed by atoms with Crippen LogP contribution in [0.5, 0.6) is 0 Å². The summed E-state index contributed by atoms with van der Waals surface area (Å²) in [5, 5.41) is 0. The zero-order chi connectivity index (χ0) is 8.85. The first-order valence-electron chi connectivity index (χ1n) is 4.18. The summed E-state index contributed by atoms with van der Waals surface area (Å²) >= 11 is 0. The number of hydrogen-bond donors (Lipinski definition) is 0. The zero-order valence-corrected chi connectivity index (χ0v) is 7.81. The first kappa shape index (κ1) is 10.4. The van der Waals surface area contributed by atoms with Gasteiger partial charge in [0.2, 0.25) is 0 Å². The molecule has 0 rings (SSSR count). The van der Waals surface area contributed by atoms with Gasteiger partial charge in [0.15, 0.2) is 0 Å². The highest BCUT2D eigenvalue weighted by molar-refractivity contribution is 5.80. The molecule has 0 unspecified atom stereocenters. The molecule has 0 bridgehead atoms. The van der Waals surface area contributed by atoms with Crippen molar-refractivity contribution in [1.29, 1.82) is 0 Å². The fourth-order valence-electron chi connectivity index (χ4n) is 0.875. The molecule has 64 valence electrons. The number of allylic oxidation sites excluding steroid dienone is 1. The molecule has 0 aromatic heterocycles. The lowest BCUT2D eigenvalue weighted by Gasteiger charge is -2.02. The molecular formula is C10H18O. The van der Waals surface area contributed by atoms with E-state index in [1.54, 1.807) is 0 Å². The van der Waals surface area contributed by atoms with Crippen LogP contribution in [-0.2, 0) is 4.79 Å². The molecule has 0 aliphatic rings. The van der Waals surface area contributed by atoms with Crippen LogP contribution < -0.4 is 0 Å². The molecule has 0 aromatic rings. The second kappa shape index (κ2) is 5.11. The largest absolute Gasteiger partial charge is 0.299 e. The third kappa shape index (κ3) is 7.31. The van der Waals surface area contributed by atoms with E-state index >= 15 is 0 Å². The molecule has 1 nitrogen and oxygen atoms in total.